The van der Waals surface area contributed by atoms with Gasteiger partial charge in [0.25, 0.3) is 0 Å². The minimum atomic E-state index is -0.145. The Labute approximate surface area is 112 Å². The maximum atomic E-state index is 11.4. The van der Waals surface area contributed by atoms with Crippen molar-refractivity contribution in [1.82, 2.24) is 0 Å². The van der Waals surface area contributed by atoms with Gasteiger partial charge in [-0.3, -0.25) is 4.79 Å². The average molecular weight is 254 g/mol. The van der Waals surface area contributed by atoms with E-state index in [-0.39, 0.29) is 17.5 Å². The molecule has 3 unspecified atom stereocenters. The highest BCUT2D eigenvalue weighted by molar-refractivity contribution is 5.66. The topological polar surface area (TPSA) is 26.3 Å². The fourth-order valence-electron chi connectivity index (χ4n) is 3.85. The lowest BCUT2D eigenvalue weighted by molar-refractivity contribution is -0.162. The Morgan fingerprint density at radius 2 is 1.56 bits per heavy atom. The molecule has 1 rings (SSSR count). The molecule has 106 valence electrons. The molecule has 0 N–H and O–H groups in total. The van der Waals surface area contributed by atoms with Crippen LogP contribution in [0.3, 0.4) is 0 Å². The Bertz CT molecular complexity index is 278. The molecule has 2 heteroatoms. The minimum absolute atomic E-state index is 0.0133. The van der Waals surface area contributed by atoms with Crippen molar-refractivity contribution in [2.45, 2.75) is 67.4 Å². The Balaban J connectivity index is 2.93. The number of carbonyl (C=O) groups excluding carboxylic acids is 1. The predicted octanol–water partition coefficient (Wildman–Crippen LogP) is 4.28. The van der Waals surface area contributed by atoms with Gasteiger partial charge >= 0.3 is 5.97 Å². The van der Waals surface area contributed by atoms with Gasteiger partial charge in [-0.05, 0) is 36.0 Å². The molecule has 0 amide bonds. The Morgan fingerprint density at radius 3 is 1.89 bits per heavy atom. The van der Waals surface area contributed by atoms with Gasteiger partial charge in [0.05, 0.1) is 0 Å². The number of esters is 1. The lowest BCUT2D eigenvalue weighted by Crippen LogP contribution is -2.46. The molecule has 0 aromatic heterocycles. The predicted molar refractivity (Wildman–Crippen MR) is 75.2 cm³/mol. The highest BCUT2D eigenvalue weighted by Crippen LogP contribution is 2.44. The molecule has 0 spiro atoms. The molecule has 18 heavy (non-hydrogen) atoms. The summed E-state index contributed by atoms with van der Waals surface area (Å²) in [5, 5.41) is 0. The van der Waals surface area contributed by atoms with E-state index < -0.39 is 0 Å². The molecule has 1 aliphatic carbocycles. The second-order valence-corrected chi connectivity index (χ2v) is 7.50. The van der Waals surface area contributed by atoms with Gasteiger partial charge in [0.15, 0.2) is 0 Å². The first kappa shape index (κ1) is 15.5. The van der Waals surface area contributed by atoms with Gasteiger partial charge in [0, 0.05) is 12.8 Å². The summed E-state index contributed by atoms with van der Waals surface area (Å²) in [5.74, 6) is 2.40. The molecule has 0 bridgehead atoms. The van der Waals surface area contributed by atoms with Crippen LogP contribution in [-0.4, -0.2) is 12.1 Å². The van der Waals surface area contributed by atoms with Crippen molar-refractivity contribution in [1.29, 1.82) is 0 Å². The van der Waals surface area contributed by atoms with Crippen molar-refractivity contribution < 1.29 is 9.53 Å². The van der Waals surface area contributed by atoms with Crippen LogP contribution in [0.15, 0.2) is 0 Å². The van der Waals surface area contributed by atoms with Gasteiger partial charge < -0.3 is 4.74 Å². The highest BCUT2D eigenvalue weighted by Gasteiger charge is 2.43. The molecule has 1 aliphatic rings. The van der Waals surface area contributed by atoms with E-state index in [0.29, 0.717) is 17.8 Å². The van der Waals surface area contributed by atoms with E-state index in [1.807, 2.05) is 0 Å². The quantitative estimate of drug-likeness (QED) is 0.687. The first-order valence-electron chi connectivity index (χ1n) is 7.30. The maximum Gasteiger partial charge on any atom is 0.302 e. The summed E-state index contributed by atoms with van der Waals surface area (Å²) in [6, 6.07) is 0. The zero-order valence-corrected chi connectivity index (χ0v) is 13.1. The molecule has 0 aromatic carbocycles. The monoisotopic (exact) mass is 254 g/mol. The molecule has 0 aromatic rings. The Kier molecular flexibility index (Phi) is 4.85. The van der Waals surface area contributed by atoms with Crippen LogP contribution < -0.4 is 0 Å². The Morgan fingerprint density at radius 1 is 1.11 bits per heavy atom. The molecule has 3 atom stereocenters. The second kappa shape index (κ2) is 5.63. The van der Waals surface area contributed by atoms with E-state index in [2.05, 4.69) is 41.5 Å². The number of hydrogen-bond donors (Lipinski definition) is 0. The molecule has 1 saturated carbocycles. The molecule has 0 heterocycles. The smallest absolute Gasteiger partial charge is 0.302 e. The van der Waals surface area contributed by atoms with Crippen molar-refractivity contribution in [3.63, 3.8) is 0 Å². The molecule has 0 aliphatic heterocycles. The number of ether oxygens (including phenoxy) is 1. The van der Waals surface area contributed by atoms with E-state index >= 15 is 0 Å². The third-order valence-electron chi connectivity index (χ3n) is 4.36. The van der Waals surface area contributed by atoms with Crippen molar-refractivity contribution >= 4 is 5.97 Å². The zero-order chi connectivity index (χ0) is 14.1. The largest absolute Gasteiger partial charge is 0.462 e. The molecular formula is C16H30O2. The Hall–Kier alpha value is -0.530. The van der Waals surface area contributed by atoms with E-state index in [0.717, 1.165) is 5.92 Å². The van der Waals surface area contributed by atoms with E-state index in [1.54, 1.807) is 0 Å². The standard InChI is InChI=1S/C16H30O2/c1-10-8-11(2)14(12(3)9-10)15(16(5,6)7)18-13(4)17/h10-12,14-15H,8-9H2,1-7H3. The second-order valence-electron chi connectivity index (χ2n) is 7.50. The number of hydrogen-bond acceptors (Lipinski definition) is 2. The van der Waals surface area contributed by atoms with E-state index in [4.69, 9.17) is 4.74 Å². The fourth-order valence-corrected chi connectivity index (χ4v) is 3.85. The van der Waals surface area contributed by atoms with Gasteiger partial charge in [-0.1, -0.05) is 41.5 Å². The van der Waals surface area contributed by atoms with Crippen LogP contribution in [0, 0.1) is 29.1 Å². The van der Waals surface area contributed by atoms with Crippen LogP contribution in [-0.2, 0) is 9.53 Å². The molecule has 2 nitrogen and oxygen atoms in total. The van der Waals surface area contributed by atoms with Gasteiger partial charge in [0.2, 0.25) is 0 Å². The summed E-state index contributed by atoms with van der Waals surface area (Å²) >= 11 is 0. The molecular weight excluding hydrogens is 224 g/mol. The lowest BCUT2D eigenvalue weighted by atomic mass is 9.63. The van der Waals surface area contributed by atoms with Crippen molar-refractivity contribution in [2.75, 3.05) is 0 Å². The van der Waals surface area contributed by atoms with E-state index in [9.17, 15) is 4.79 Å². The third kappa shape index (κ3) is 3.73. The SMILES string of the molecule is CC(=O)OC(C1C(C)CC(C)CC1C)C(C)(C)C. The first-order valence-corrected chi connectivity index (χ1v) is 7.30. The molecule has 0 saturated heterocycles. The van der Waals surface area contributed by atoms with Crippen LogP contribution in [0.25, 0.3) is 0 Å². The first-order chi connectivity index (χ1) is 8.12. The molecule has 0 radical (unpaired) electrons. The number of rotatable bonds is 2. The van der Waals surface area contributed by atoms with Gasteiger partial charge in [-0.25, -0.2) is 0 Å². The summed E-state index contributed by atoms with van der Waals surface area (Å²) in [7, 11) is 0. The van der Waals surface area contributed by atoms with Gasteiger partial charge in [-0.15, -0.1) is 0 Å². The zero-order valence-electron chi connectivity index (χ0n) is 13.1. The summed E-state index contributed by atoms with van der Waals surface area (Å²) < 4.78 is 5.69. The van der Waals surface area contributed by atoms with Gasteiger partial charge in [0.1, 0.15) is 6.10 Å². The average Bonchev–Trinajstić information content (AvgIpc) is 2.12. The van der Waals surface area contributed by atoms with Crippen molar-refractivity contribution in [3.05, 3.63) is 0 Å². The maximum absolute atomic E-state index is 11.4. The summed E-state index contributed by atoms with van der Waals surface area (Å²) in [4.78, 5) is 11.4. The van der Waals surface area contributed by atoms with Crippen LogP contribution in [0.2, 0.25) is 0 Å². The number of carbonyl (C=O) groups is 1. The fraction of sp³-hybridized carbons (Fsp3) is 0.938. The van der Waals surface area contributed by atoms with Crippen LogP contribution in [0.1, 0.15) is 61.3 Å². The molecule has 1 fully saturated rings. The van der Waals surface area contributed by atoms with E-state index in [1.165, 1.54) is 19.8 Å². The third-order valence-corrected chi connectivity index (χ3v) is 4.36. The summed E-state index contributed by atoms with van der Waals surface area (Å²) in [6.45, 7) is 15.0. The van der Waals surface area contributed by atoms with Crippen LogP contribution in [0.5, 0.6) is 0 Å². The van der Waals surface area contributed by atoms with Crippen LogP contribution in [0.4, 0.5) is 0 Å². The summed E-state index contributed by atoms with van der Waals surface area (Å²) in [5.41, 5.74) is 0.0133. The van der Waals surface area contributed by atoms with Crippen LogP contribution >= 0.6 is 0 Å². The van der Waals surface area contributed by atoms with Crippen molar-refractivity contribution in [2.24, 2.45) is 29.1 Å². The highest BCUT2D eigenvalue weighted by atomic mass is 16.5. The summed E-state index contributed by atoms with van der Waals surface area (Å²) in [6.07, 6.45) is 2.54. The normalized spacial score (nSPS) is 35.1. The minimum Gasteiger partial charge on any atom is -0.462 e. The van der Waals surface area contributed by atoms with Crippen molar-refractivity contribution in [3.8, 4) is 0 Å². The van der Waals surface area contributed by atoms with Gasteiger partial charge in [-0.2, -0.15) is 0 Å². The lowest BCUT2D eigenvalue weighted by Gasteiger charge is -2.46.